The van der Waals surface area contributed by atoms with Gasteiger partial charge < -0.3 is 11.1 Å². The molecule has 4 nitrogen and oxygen atoms in total. The van der Waals surface area contributed by atoms with Gasteiger partial charge in [-0.05, 0) is 25.1 Å². The van der Waals surface area contributed by atoms with Gasteiger partial charge in [0.05, 0.1) is 6.04 Å². The molecule has 0 aliphatic carbocycles. The maximum absolute atomic E-state index is 12.9. The van der Waals surface area contributed by atoms with Crippen molar-refractivity contribution >= 4 is 22.9 Å². The van der Waals surface area contributed by atoms with Crippen molar-refractivity contribution in [1.82, 2.24) is 4.98 Å². The van der Waals surface area contributed by atoms with E-state index in [0.29, 0.717) is 10.7 Å². The number of carbonyl (C=O) groups excluding carboxylic acids is 1. The lowest BCUT2D eigenvalue weighted by Crippen LogP contribution is -2.13. The summed E-state index contributed by atoms with van der Waals surface area (Å²) >= 11 is 1.33. The van der Waals surface area contributed by atoms with Crippen molar-refractivity contribution in [2.24, 2.45) is 5.73 Å². The summed E-state index contributed by atoms with van der Waals surface area (Å²) < 4.78 is 12.9. The molecule has 0 aliphatic heterocycles. The highest BCUT2D eigenvalue weighted by Crippen LogP contribution is 2.17. The number of nitrogens with two attached hydrogens (primary N) is 1. The number of nitrogens with one attached hydrogen (secondary N) is 1. The van der Waals surface area contributed by atoms with Crippen LogP contribution in [0.3, 0.4) is 0 Å². The van der Waals surface area contributed by atoms with Crippen LogP contribution < -0.4 is 11.1 Å². The summed E-state index contributed by atoms with van der Waals surface area (Å²) in [6.45, 7) is 1.80. The number of hydrogen-bond donors (Lipinski definition) is 2. The van der Waals surface area contributed by atoms with E-state index in [2.05, 4.69) is 10.3 Å². The van der Waals surface area contributed by atoms with E-state index in [1.165, 1.54) is 29.5 Å². The zero-order valence-electron chi connectivity index (χ0n) is 9.68. The molecule has 0 bridgehead atoms. The molecule has 0 saturated heterocycles. The predicted molar refractivity (Wildman–Crippen MR) is 69.1 cm³/mol. The third kappa shape index (κ3) is 2.91. The van der Waals surface area contributed by atoms with E-state index in [0.717, 1.165) is 0 Å². The minimum atomic E-state index is -0.401. The van der Waals surface area contributed by atoms with Crippen molar-refractivity contribution in [2.75, 3.05) is 5.32 Å². The first-order valence-electron chi connectivity index (χ1n) is 5.34. The summed E-state index contributed by atoms with van der Waals surface area (Å²) in [5.74, 6) is -0.772. The first-order valence-corrected chi connectivity index (χ1v) is 6.22. The van der Waals surface area contributed by atoms with Gasteiger partial charge >= 0.3 is 0 Å². The van der Waals surface area contributed by atoms with Gasteiger partial charge in [0, 0.05) is 11.1 Å². The van der Waals surface area contributed by atoms with E-state index in [1.54, 1.807) is 18.4 Å². The summed E-state index contributed by atoms with van der Waals surface area (Å²) in [6.07, 6.45) is 0. The van der Waals surface area contributed by atoms with Gasteiger partial charge in [-0.2, -0.15) is 0 Å². The van der Waals surface area contributed by atoms with Crippen LogP contribution in [-0.4, -0.2) is 10.9 Å². The lowest BCUT2D eigenvalue weighted by molar-refractivity contribution is 0.102. The molecule has 0 spiro atoms. The van der Waals surface area contributed by atoms with Crippen molar-refractivity contribution in [1.29, 1.82) is 0 Å². The summed E-state index contributed by atoms with van der Waals surface area (Å²) in [5.41, 5.74) is 6.35. The van der Waals surface area contributed by atoms with Crippen LogP contribution >= 0.6 is 11.3 Å². The first kappa shape index (κ1) is 12.7. The number of amides is 1. The Labute approximate surface area is 108 Å². The normalized spacial score (nSPS) is 12.2. The molecule has 1 atom stereocenters. The van der Waals surface area contributed by atoms with Gasteiger partial charge in [-0.25, -0.2) is 9.37 Å². The molecule has 1 aromatic heterocycles. The Morgan fingerprint density at radius 2 is 2.33 bits per heavy atom. The summed E-state index contributed by atoms with van der Waals surface area (Å²) in [7, 11) is 0. The average molecular weight is 265 g/mol. The molecule has 1 aromatic carbocycles. The lowest BCUT2D eigenvalue weighted by atomic mass is 10.3. The maximum Gasteiger partial charge on any atom is 0.275 e. The number of nitrogens with zero attached hydrogens (tertiary/aromatic N) is 1. The second-order valence-electron chi connectivity index (χ2n) is 3.82. The third-order valence-electron chi connectivity index (χ3n) is 2.23. The van der Waals surface area contributed by atoms with Crippen molar-refractivity contribution in [3.63, 3.8) is 0 Å². The zero-order chi connectivity index (χ0) is 13.1. The van der Waals surface area contributed by atoms with Crippen LogP contribution in [0.4, 0.5) is 10.1 Å². The molecule has 18 heavy (non-hydrogen) atoms. The number of anilines is 1. The van der Waals surface area contributed by atoms with E-state index < -0.39 is 5.82 Å². The largest absolute Gasteiger partial charge is 0.322 e. The lowest BCUT2D eigenvalue weighted by Gasteiger charge is -2.03. The van der Waals surface area contributed by atoms with Gasteiger partial charge in [0.25, 0.3) is 5.91 Å². The van der Waals surface area contributed by atoms with Crippen LogP contribution in [-0.2, 0) is 0 Å². The number of halogens is 1. The van der Waals surface area contributed by atoms with E-state index in [9.17, 15) is 9.18 Å². The Balaban J connectivity index is 2.12. The highest BCUT2D eigenvalue weighted by molar-refractivity contribution is 7.09. The number of benzene rings is 1. The molecule has 1 unspecified atom stereocenters. The zero-order valence-corrected chi connectivity index (χ0v) is 10.5. The van der Waals surface area contributed by atoms with E-state index in [1.807, 2.05) is 0 Å². The quantitative estimate of drug-likeness (QED) is 0.896. The maximum atomic E-state index is 12.9. The second-order valence-corrected chi connectivity index (χ2v) is 4.71. The molecular weight excluding hydrogens is 253 g/mol. The Kier molecular flexibility index (Phi) is 3.69. The highest BCUT2D eigenvalue weighted by Gasteiger charge is 2.12. The highest BCUT2D eigenvalue weighted by atomic mass is 32.1. The number of rotatable bonds is 3. The van der Waals surface area contributed by atoms with E-state index >= 15 is 0 Å². The fourth-order valence-electron chi connectivity index (χ4n) is 1.36. The molecular formula is C12H12FN3OS. The van der Waals surface area contributed by atoms with Gasteiger partial charge in [-0.15, -0.1) is 11.3 Å². The van der Waals surface area contributed by atoms with Crippen molar-refractivity contribution in [3.8, 4) is 0 Å². The summed E-state index contributed by atoms with van der Waals surface area (Å²) in [6, 6.07) is 5.49. The second kappa shape index (κ2) is 5.24. The monoisotopic (exact) mass is 265 g/mol. The Morgan fingerprint density at radius 3 is 2.94 bits per heavy atom. The van der Waals surface area contributed by atoms with Gasteiger partial charge in [0.2, 0.25) is 0 Å². The minimum Gasteiger partial charge on any atom is -0.322 e. The van der Waals surface area contributed by atoms with Gasteiger partial charge in [-0.3, -0.25) is 4.79 Å². The number of thiazole rings is 1. The first-order chi connectivity index (χ1) is 8.56. The minimum absolute atomic E-state index is 0.203. The molecule has 0 saturated carbocycles. The van der Waals surface area contributed by atoms with Crippen molar-refractivity contribution < 1.29 is 9.18 Å². The van der Waals surface area contributed by atoms with Crippen molar-refractivity contribution in [3.05, 3.63) is 46.2 Å². The smallest absolute Gasteiger partial charge is 0.275 e. The Bertz CT molecular complexity index is 568. The Hall–Kier alpha value is -1.79. The van der Waals surface area contributed by atoms with Crippen LogP contribution in [0.15, 0.2) is 29.6 Å². The SMILES string of the molecule is CC(N)c1nc(C(=O)Nc2cccc(F)c2)cs1. The van der Waals surface area contributed by atoms with Crippen molar-refractivity contribution in [2.45, 2.75) is 13.0 Å². The molecule has 0 fully saturated rings. The topological polar surface area (TPSA) is 68.0 Å². The fraction of sp³-hybridized carbons (Fsp3) is 0.167. The average Bonchev–Trinajstić information content (AvgIpc) is 2.78. The number of hydrogen-bond acceptors (Lipinski definition) is 4. The standard InChI is InChI=1S/C12H12FN3OS/c1-7(14)12-16-10(6-18-12)11(17)15-9-4-2-3-8(13)5-9/h2-7H,14H2,1H3,(H,15,17). The van der Waals surface area contributed by atoms with Crippen LogP contribution in [0.1, 0.15) is 28.5 Å². The molecule has 3 N–H and O–H groups in total. The van der Waals surface area contributed by atoms with Gasteiger partial charge in [-0.1, -0.05) is 6.07 Å². The fourth-order valence-corrected chi connectivity index (χ4v) is 2.12. The van der Waals surface area contributed by atoms with Gasteiger partial charge in [0.15, 0.2) is 0 Å². The van der Waals surface area contributed by atoms with E-state index in [4.69, 9.17) is 5.73 Å². The summed E-state index contributed by atoms with van der Waals surface area (Å²) in [4.78, 5) is 15.9. The molecule has 94 valence electrons. The third-order valence-corrected chi connectivity index (χ3v) is 3.27. The molecule has 0 radical (unpaired) electrons. The number of carbonyl (C=O) groups is 1. The van der Waals surface area contributed by atoms with Crippen LogP contribution in [0.2, 0.25) is 0 Å². The molecule has 6 heteroatoms. The Morgan fingerprint density at radius 1 is 1.56 bits per heavy atom. The van der Waals surface area contributed by atoms with Crippen LogP contribution in [0.5, 0.6) is 0 Å². The molecule has 1 heterocycles. The van der Waals surface area contributed by atoms with E-state index in [-0.39, 0.29) is 17.6 Å². The van der Waals surface area contributed by atoms with Crippen LogP contribution in [0.25, 0.3) is 0 Å². The number of aromatic nitrogens is 1. The van der Waals surface area contributed by atoms with Gasteiger partial charge in [0.1, 0.15) is 16.5 Å². The predicted octanol–water partition coefficient (Wildman–Crippen LogP) is 2.55. The molecule has 2 rings (SSSR count). The molecule has 0 aliphatic rings. The molecule has 2 aromatic rings. The summed E-state index contributed by atoms with van der Waals surface area (Å²) in [5, 5.41) is 4.90. The van der Waals surface area contributed by atoms with Crippen LogP contribution in [0, 0.1) is 5.82 Å². The molecule has 1 amide bonds.